The average Bonchev–Trinajstić information content (AvgIpc) is 2.67. The van der Waals surface area contributed by atoms with Gasteiger partial charge in [-0.05, 0) is 11.1 Å². The molecule has 0 aliphatic heterocycles. The predicted octanol–water partition coefficient (Wildman–Crippen LogP) is 3.72. The van der Waals surface area contributed by atoms with Gasteiger partial charge >= 0.3 is 24.3 Å². The van der Waals surface area contributed by atoms with E-state index in [1.165, 1.54) is 0 Å². The number of aliphatic hydroxyl groups excluding tert-OH is 2. The molecule has 0 bridgehead atoms. The monoisotopic (exact) mass is 442 g/mol. The number of benzene rings is 2. The van der Waals surface area contributed by atoms with Crippen molar-refractivity contribution >= 4 is 11.9 Å². The van der Waals surface area contributed by atoms with E-state index in [1.807, 2.05) is 36.4 Å². The summed E-state index contributed by atoms with van der Waals surface area (Å²) < 4.78 is 63.5. The molecule has 0 aliphatic carbocycles. The molecule has 0 saturated carbocycles. The van der Waals surface area contributed by atoms with Crippen LogP contribution in [-0.4, -0.2) is 44.7 Å². The van der Waals surface area contributed by atoms with Crippen LogP contribution in [0.3, 0.4) is 0 Å². The standard InChI is InChI=1S/C14H14O2.2C2HF3O2/c15-13(11-7-3-1-4-8-11)14(16)12-9-5-2-6-10-12;2*3-2(4,5)1(6)7/h1-10,13-16H;2*(H,6,7). The van der Waals surface area contributed by atoms with Crippen LogP contribution in [0.25, 0.3) is 0 Å². The summed E-state index contributed by atoms with van der Waals surface area (Å²) in [4.78, 5) is 17.8. The molecule has 2 rings (SSSR count). The maximum absolute atomic E-state index is 10.6. The van der Waals surface area contributed by atoms with Crippen molar-refractivity contribution in [3.63, 3.8) is 0 Å². The lowest BCUT2D eigenvalue weighted by Crippen LogP contribution is -2.21. The summed E-state index contributed by atoms with van der Waals surface area (Å²) in [6.07, 6.45) is -11.9. The zero-order chi connectivity index (χ0) is 23.5. The van der Waals surface area contributed by atoms with Crippen molar-refractivity contribution in [1.82, 2.24) is 0 Å². The predicted molar refractivity (Wildman–Crippen MR) is 90.2 cm³/mol. The van der Waals surface area contributed by atoms with E-state index >= 15 is 0 Å². The fourth-order valence-corrected chi connectivity index (χ4v) is 1.67. The highest BCUT2D eigenvalue weighted by molar-refractivity contribution is 5.73. The first-order valence-electron chi connectivity index (χ1n) is 7.74. The Morgan fingerprint density at radius 3 is 0.967 bits per heavy atom. The second-order valence-electron chi connectivity index (χ2n) is 5.32. The minimum atomic E-state index is -5.08. The lowest BCUT2D eigenvalue weighted by atomic mass is 9.99. The van der Waals surface area contributed by atoms with Crippen molar-refractivity contribution in [3.8, 4) is 0 Å². The number of rotatable bonds is 3. The van der Waals surface area contributed by atoms with Gasteiger partial charge in [-0.25, -0.2) is 9.59 Å². The van der Waals surface area contributed by atoms with Crippen LogP contribution in [0, 0.1) is 0 Å². The molecule has 30 heavy (non-hydrogen) atoms. The number of carboxylic acid groups (broad SMARTS) is 2. The van der Waals surface area contributed by atoms with Gasteiger partial charge in [-0.2, -0.15) is 26.3 Å². The second kappa shape index (κ2) is 11.8. The molecule has 0 aromatic heterocycles. The zero-order valence-corrected chi connectivity index (χ0v) is 14.8. The lowest BCUT2D eigenvalue weighted by molar-refractivity contribution is -0.193. The Balaban J connectivity index is 0.000000503. The molecular formula is C18H16F6O6. The number of hydrogen-bond donors (Lipinski definition) is 4. The van der Waals surface area contributed by atoms with Gasteiger partial charge in [-0.1, -0.05) is 60.7 Å². The van der Waals surface area contributed by atoms with E-state index in [1.54, 1.807) is 24.3 Å². The van der Waals surface area contributed by atoms with Gasteiger partial charge in [0.1, 0.15) is 12.2 Å². The van der Waals surface area contributed by atoms with Crippen molar-refractivity contribution in [3.05, 3.63) is 71.8 Å². The first-order chi connectivity index (χ1) is 13.7. The Morgan fingerprint density at radius 2 is 0.800 bits per heavy atom. The molecule has 0 aliphatic rings. The quantitative estimate of drug-likeness (QED) is 0.539. The van der Waals surface area contributed by atoms with Gasteiger partial charge in [-0.3, -0.25) is 0 Å². The number of alkyl halides is 6. The number of hydrogen-bond acceptors (Lipinski definition) is 4. The van der Waals surface area contributed by atoms with E-state index in [4.69, 9.17) is 19.8 Å². The van der Waals surface area contributed by atoms with Gasteiger partial charge in [0.15, 0.2) is 0 Å². The topological polar surface area (TPSA) is 115 Å². The van der Waals surface area contributed by atoms with Crippen molar-refractivity contribution in [1.29, 1.82) is 0 Å². The van der Waals surface area contributed by atoms with Crippen LogP contribution >= 0.6 is 0 Å². The van der Waals surface area contributed by atoms with Crippen molar-refractivity contribution < 1.29 is 56.4 Å². The van der Waals surface area contributed by atoms with Crippen LogP contribution in [-0.2, 0) is 9.59 Å². The van der Waals surface area contributed by atoms with Crippen LogP contribution in [0.4, 0.5) is 26.3 Å². The van der Waals surface area contributed by atoms with Crippen molar-refractivity contribution in [2.24, 2.45) is 0 Å². The zero-order valence-electron chi connectivity index (χ0n) is 14.8. The van der Waals surface area contributed by atoms with Crippen LogP contribution in [0.15, 0.2) is 60.7 Å². The van der Waals surface area contributed by atoms with Gasteiger partial charge in [0.05, 0.1) is 0 Å². The summed E-state index contributed by atoms with van der Waals surface area (Å²) in [7, 11) is 0. The highest BCUT2D eigenvalue weighted by atomic mass is 19.4. The minimum absolute atomic E-state index is 0.721. The summed E-state index contributed by atoms with van der Waals surface area (Å²) in [5, 5.41) is 34.2. The second-order valence-corrected chi connectivity index (χ2v) is 5.32. The SMILES string of the molecule is O=C(O)C(F)(F)F.O=C(O)C(F)(F)F.OC(c1ccccc1)C(O)c1ccccc1. The molecular weight excluding hydrogens is 426 g/mol. The molecule has 0 saturated heterocycles. The van der Waals surface area contributed by atoms with E-state index < -0.39 is 36.5 Å². The van der Waals surface area contributed by atoms with Crippen LogP contribution in [0.5, 0.6) is 0 Å². The maximum atomic E-state index is 10.6. The average molecular weight is 442 g/mol. The smallest absolute Gasteiger partial charge is 0.475 e. The molecule has 166 valence electrons. The molecule has 0 heterocycles. The number of aliphatic carboxylic acids is 2. The van der Waals surface area contributed by atoms with Gasteiger partial charge in [0.25, 0.3) is 0 Å². The van der Waals surface area contributed by atoms with E-state index in [-0.39, 0.29) is 0 Å². The van der Waals surface area contributed by atoms with Gasteiger partial charge in [0.2, 0.25) is 0 Å². The van der Waals surface area contributed by atoms with E-state index in [0.717, 1.165) is 11.1 Å². The Labute approximate surface area is 165 Å². The fraction of sp³-hybridized carbons (Fsp3) is 0.222. The highest BCUT2D eigenvalue weighted by Crippen LogP contribution is 2.27. The van der Waals surface area contributed by atoms with E-state index in [0.29, 0.717) is 0 Å². The number of halogens is 6. The minimum Gasteiger partial charge on any atom is -0.475 e. The number of carbonyl (C=O) groups is 2. The number of aliphatic hydroxyl groups is 2. The van der Waals surface area contributed by atoms with E-state index in [2.05, 4.69) is 0 Å². The van der Waals surface area contributed by atoms with Crippen molar-refractivity contribution in [2.75, 3.05) is 0 Å². The molecule has 2 unspecified atom stereocenters. The molecule has 0 amide bonds. The Hall–Kier alpha value is -3.12. The summed E-state index contributed by atoms with van der Waals surface area (Å²) >= 11 is 0. The van der Waals surface area contributed by atoms with Crippen LogP contribution in [0.1, 0.15) is 23.3 Å². The maximum Gasteiger partial charge on any atom is 0.490 e. The number of carboxylic acids is 2. The Kier molecular flexibility index (Phi) is 10.6. The molecule has 2 aromatic rings. The van der Waals surface area contributed by atoms with Crippen LogP contribution in [0.2, 0.25) is 0 Å². The third-order valence-electron chi connectivity index (χ3n) is 3.07. The molecule has 2 atom stereocenters. The van der Waals surface area contributed by atoms with Gasteiger partial charge in [0, 0.05) is 0 Å². The molecule has 4 N–H and O–H groups in total. The van der Waals surface area contributed by atoms with Crippen LogP contribution < -0.4 is 0 Å². The fourth-order valence-electron chi connectivity index (χ4n) is 1.67. The summed E-state index contributed by atoms with van der Waals surface area (Å²) in [6, 6.07) is 18.3. The lowest BCUT2D eigenvalue weighted by Gasteiger charge is -2.18. The normalized spacial score (nSPS) is 12.9. The third kappa shape index (κ3) is 10.4. The van der Waals surface area contributed by atoms with Gasteiger partial charge in [-0.15, -0.1) is 0 Å². The van der Waals surface area contributed by atoms with Gasteiger partial charge < -0.3 is 20.4 Å². The molecule has 0 radical (unpaired) electrons. The molecule has 0 fully saturated rings. The largest absolute Gasteiger partial charge is 0.490 e. The first kappa shape index (κ1) is 26.9. The van der Waals surface area contributed by atoms with E-state index in [9.17, 15) is 36.6 Å². The highest BCUT2D eigenvalue weighted by Gasteiger charge is 2.38. The molecule has 12 heteroatoms. The Bertz CT molecular complexity index is 710. The first-order valence-corrected chi connectivity index (χ1v) is 7.74. The molecule has 6 nitrogen and oxygen atoms in total. The third-order valence-corrected chi connectivity index (χ3v) is 3.07. The Morgan fingerprint density at radius 1 is 0.600 bits per heavy atom. The molecule has 0 spiro atoms. The summed E-state index contributed by atoms with van der Waals surface area (Å²) in [6.45, 7) is 0. The summed E-state index contributed by atoms with van der Waals surface area (Å²) in [5.41, 5.74) is 1.44. The molecule has 2 aromatic carbocycles. The van der Waals surface area contributed by atoms with Crippen molar-refractivity contribution in [2.45, 2.75) is 24.6 Å². The summed E-state index contributed by atoms with van der Waals surface area (Å²) in [5.74, 6) is -5.51.